The maximum atomic E-state index is 13.0. The molecule has 3 rings (SSSR count). The average molecular weight is 292 g/mol. The highest BCUT2D eigenvalue weighted by molar-refractivity contribution is 5.83. The SMILES string of the molecule is CCN1CCO[C@H]2CCN(C(=O)C3(C)CC=CCC3)C[C@@H]21. The summed E-state index contributed by atoms with van der Waals surface area (Å²) < 4.78 is 5.92. The van der Waals surface area contributed by atoms with Crippen molar-refractivity contribution in [1.82, 2.24) is 9.80 Å². The summed E-state index contributed by atoms with van der Waals surface area (Å²) in [6.45, 7) is 8.93. The molecule has 3 aliphatic rings. The maximum Gasteiger partial charge on any atom is 0.228 e. The Bertz CT molecular complexity index is 417. The fraction of sp³-hybridized carbons (Fsp3) is 0.824. The molecule has 21 heavy (non-hydrogen) atoms. The number of allylic oxidation sites excluding steroid dienone is 2. The molecular weight excluding hydrogens is 264 g/mol. The molecule has 118 valence electrons. The van der Waals surface area contributed by atoms with Crippen molar-refractivity contribution in [2.45, 2.75) is 51.7 Å². The lowest BCUT2D eigenvalue weighted by molar-refractivity contribution is -0.152. The molecular formula is C17H28N2O2. The van der Waals surface area contributed by atoms with Crippen molar-refractivity contribution in [2.24, 2.45) is 5.41 Å². The first kappa shape index (κ1) is 15.0. The van der Waals surface area contributed by atoms with Crippen LogP contribution in [0.1, 0.15) is 39.5 Å². The first-order chi connectivity index (χ1) is 10.1. The minimum absolute atomic E-state index is 0.186. The van der Waals surface area contributed by atoms with Crippen LogP contribution >= 0.6 is 0 Å². The third-order valence-electron chi connectivity index (χ3n) is 5.51. The van der Waals surface area contributed by atoms with Gasteiger partial charge in [-0.05, 0) is 32.2 Å². The van der Waals surface area contributed by atoms with Gasteiger partial charge in [-0.1, -0.05) is 26.0 Å². The van der Waals surface area contributed by atoms with Crippen molar-refractivity contribution in [3.05, 3.63) is 12.2 Å². The molecule has 0 N–H and O–H groups in total. The molecule has 0 aromatic carbocycles. The predicted octanol–water partition coefficient (Wildman–Crippen LogP) is 2.05. The van der Waals surface area contributed by atoms with Crippen LogP contribution in [0.25, 0.3) is 0 Å². The zero-order chi connectivity index (χ0) is 14.9. The van der Waals surface area contributed by atoms with Crippen molar-refractivity contribution >= 4 is 5.91 Å². The number of hydrogen-bond acceptors (Lipinski definition) is 3. The molecule has 0 aromatic heterocycles. The largest absolute Gasteiger partial charge is 0.375 e. The van der Waals surface area contributed by atoms with E-state index in [4.69, 9.17) is 4.74 Å². The number of likely N-dealkylation sites (tertiary alicyclic amines) is 1. The predicted molar refractivity (Wildman–Crippen MR) is 83.1 cm³/mol. The molecule has 1 aliphatic carbocycles. The highest BCUT2D eigenvalue weighted by atomic mass is 16.5. The number of morpholine rings is 1. The quantitative estimate of drug-likeness (QED) is 0.730. The molecule has 0 aromatic rings. The van der Waals surface area contributed by atoms with Crippen molar-refractivity contribution in [3.8, 4) is 0 Å². The van der Waals surface area contributed by atoms with E-state index in [9.17, 15) is 4.79 Å². The Morgan fingerprint density at radius 1 is 1.38 bits per heavy atom. The monoisotopic (exact) mass is 292 g/mol. The zero-order valence-corrected chi connectivity index (χ0v) is 13.4. The first-order valence-electron chi connectivity index (χ1n) is 8.44. The Labute approximate surface area is 128 Å². The number of likely N-dealkylation sites (N-methyl/N-ethyl adjacent to an activating group) is 1. The molecule has 4 nitrogen and oxygen atoms in total. The van der Waals surface area contributed by atoms with E-state index in [0.717, 1.165) is 58.5 Å². The van der Waals surface area contributed by atoms with Crippen LogP contribution in [0.4, 0.5) is 0 Å². The number of nitrogens with zero attached hydrogens (tertiary/aromatic N) is 2. The highest BCUT2D eigenvalue weighted by Gasteiger charge is 2.42. The minimum Gasteiger partial charge on any atom is -0.375 e. The van der Waals surface area contributed by atoms with E-state index >= 15 is 0 Å². The van der Waals surface area contributed by atoms with Gasteiger partial charge < -0.3 is 9.64 Å². The molecule has 0 radical (unpaired) electrons. The summed E-state index contributed by atoms with van der Waals surface area (Å²) in [4.78, 5) is 17.6. The summed E-state index contributed by atoms with van der Waals surface area (Å²) in [6, 6.07) is 0.393. The van der Waals surface area contributed by atoms with E-state index < -0.39 is 0 Å². The standard InChI is InChI=1S/C17H28N2O2/c1-3-18-11-12-21-15-7-10-19(13-14(15)18)16(20)17(2)8-5-4-6-9-17/h4-5,14-15H,3,6-13H2,1-2H3/t14-,15-,17?/m0/s1. The number of carbonyl (C=O) groups is 1. The zero-order valence-electron chi connectivity index (χ0n) is 13.4. The summed E-state index contributed by atoms with van der Waals surface area (Å²) in [5.74, 6) is 0.354. The summed E-state index contributed by atoms with van der Waals surface area (Å²) >= 11 is 0. The molecule has 0 bridgehead atoms. The van der Waals surface area contributed by atoms with Gasteiger partial charge >= 0.3 is 0 Å². The van der Waals surface area contributed by atoms with Crippen LogP contribution in [0.2, 0.25) is 0 Å². The molecule has 2 aliphatic heterocycles. The summed E-state index contributed by atoms with van der Waals surface area (Å²) in [6.07, 6.45) is 8.60. The van der Waals surface area contributed by atoms with Crippen LogP contribution in [-0.4, -0.2) is 60.6 Å². The van der Waals surface area contributed by atoms with Gasteiger partial charge in [-0.3, -0.25) is 9.69 Å². The molecule has 0 saturated carbocycles. The third-order valence-corrected chi connectivity index (χ3v) is 5.51. The van der Waals surface area contributed by atoms with Crippen LogP contribution in [0.5, 0.6) is 0 Å². The molecule has 2 heterocycles. The molecule has 2 fully saturated rings. The van der Waals surface area contributed by atoms with Crippen molar-refractivity contribution in [1.29, 1.82) is 0 Å². The highest BCUT2D eigenvalue weighted by Crippen LogP contribution is 2.35. The molecule has 3 atom stereocenters. The summed E-state index contributed by atoms with van der Waals surface area (Å²) in [5, 5.41) is 0. The van der Waals surface area contributed by atoms with Crippen LogP contribution in [0.15, 0.2) is 12.2 Å². The molecule has 1 amide bonds. The Kier molecular flexibility index (Phi) is 4.36. The van der Waals surface area contributed by atoms with Gasteiger partial charge in [0.05, 0.1) is 24.2 Å². The number of amides is 1. The minimum atomic E-state index is -0.186. The van der Waals surface area contributed by atoms with E-state index in [1.807, 2.05) is 0 Å². The first-order valence-corrected chi connectivity index (χ1v) is 8.44. The van der Waals surface area contributed by atoms with Gasteiger partial charge in [-0.2, -0.15) is 0 Å². The number of ether oxygens (including phenoxy) is 1. The lowest BCUT2D eigenvalue weighted by Gasteiger charge is -2.48. The molecule has 0 spiro atoms. The fourth-order valence-electron chi connectivity index (χ4n) is 4.06. The van der Waals surface area contributed by atoms with Crippen LogP contribution < -0.4 is 0 Å². The van der Waals surface area contributed by atoms with E-state index in [0.29, 0.717) is 18.1 Å². The van der Waals surface area contributed by atoms with Gasteiger partial charge in [0, 0.05) is 19.6 Å². The van der Waals surface area contributed by atoms with Crippen molar-refractivity contribution in [2.75, 3.05) is 32.8 Å². The third kappa shape index (κ3) is 2.88. The van der Waals surface area contributed by atoms with Gasteiger partial charge in [0.1, 0.15) is 0 Å². The van der Waals surface area contributed by atoms with Gasteiger partial charge in [0.2, 0.25) is 5.91 Å². The van der Waals surface area contributed by atoms with Crippen LogP contribution in [0, 0.1) is 5.41 Å². The second-order valence-electron chi connectivity index (χ2n) is 6.92. The van der Waals surface area contributed by atoms with Crippen molar-refractivity contribution in [3.63, 3.8) is 0 Å². The van der Waals surface area contributed by atoms with Crippen molar-refractivity contribution < 1.29 is 9.53 Å². The summed E-state index contributed by atoms with van der Waals surface area (Å²) in [7, 11) is 0. The van der Waals surface area contributed by atoms with E-state index in [1.165, 1.54) is 0 Å². The van der Waals surface area contributed by atoms with Gasteiger partial charge in [0.15, 0.2) is 0 Å². The normalized spacial score (nSPS) is 37.3. The van der Waals surface area contributed by atoms with E-state index in [1.54, 1.807) is 0 Å². The van der Waals surface area contributed by atoms with Crippen LogP contribution in [-0.2, 0) is 9.53 Å². The van der Waals surface area contributed by atoms with Gasteiger partial charge in [0.25, 0.3) is 0 Å². The Balaban J connectivity index is 1.69. The van der Waals surface area contributed by atoms with Gasteiger partial charge in [-0.25, -0.2) is 0 Å². The lowest BCUT2D eigenvalue weighted by atomic mass is 9.77. The average Bonchev–Trinajstić information content (AvgIpc) is 2.53. The summed E-state index contributed by atoms with van der Waals surface area (Å²) in [5.41, 5.74) is -0.186. The Morgan fingerprint density at radius 2 is 2.24 bits per heavy atom. The number of piperidine rings is 1. The number of carbonyl (C=O) groups excluding carboxylic acids is 1. The smallest absolute Gasteiger partial charge is 0.228 e. The second-order valence-corrected chi connectivity index (χ2v) is 6.92. The second kappa shape index (κ2) is 6.09. The Morgan fingerprint density at radius 3 is 2.95 bits per heavy atom. The number of hydrogen-bond donors (Lipinski definition) is 0. The van der Waals surface area contributed by atoms with Crippen LogP contribution in [0.3, 0.4) is 0 Å². The Hall–Kier alpha value is -0.870. The van der Waals surface area contributed by atoms with E-state index in [-0.39, 0.29) is 5.41 Å². The van der Waals surface area contributed by atoms with E-state index in [2.05, 4.69) is 35.8 Å². The maximum absolute atomic E-state index is 13.0. The topological polar surface area (TPSA) is 32.8 Å². The fourth-order valence-corrected chi connectivity index (χ4v) is 4.06. The molecule has 4 heteroatoms. The molecule has 2 saturated heterocycles. The molecule has 1 unspecified atom stereocenters. The lowest BCUT2D eigenvalue weighted by Crippen LogP contribution is -2.62. The van der Waals surface area contributed by atoms with Gasteiger partial charge in [-0.15, -0.1) is 0 Å². The number of fused-ring (bicyclic) bond motifs is 1. The number of rotatable bonds is 2.